The number of hydrogen-bond acceptors (Lipinski definition) is 1. The molecule has 0 unspecified atom stereocenters. The second-order valence-electron chi connectivity index (χ2n) is 12.3. The monoisotopic (exact) mass is 565 g/mol. The molecule has 0 saturated heterocycles. The number of fused-ring (bicyclic) bond motifs is 5. The Morgan fingerprint density at radius 3 is 2.29 bits per heavy atom. The van der Waals surface area contributed by atoms with E-state index in [4.69, 9.17) is 0 Å². The molecule has 1 nitrogen and oxygen atoms in total. The third-order valence-corrected chi connectivity index (χ3v) is 10.1. The summed E-state index contributed by atoms with van der Waals surface area (Å²) in [5.74, 6) is 0. The van der Waals surface area contributed by atoms with E-state index in [-0.39, 0.29) is 5.41 Å². The summed E-state index contributed by atoms with van der Waals surface area (Å²) >= 11 is 1.88. The van der Waals surface area contributed by atoms with Crippen LogP contribution in [0.2, 0.25) is 0 Å². The number of para-hydroxylation sites is 1. The standard InChI is InChI=1S/C40H39NS/c1-25(2)35(22-13-10-17-29-16-9-8-15-27(29)4)42-39-28(5)23-26(3)24-33(39)30-19-14-20-32-36-38(41-37(30)32)31-18-11-12-21-34(31)40(36,6)7/h8-24,41H,1-7H3/b17-10+,22-13-. The van der Waals surface area contributed by atoms with E-state index in [1.807, 2.05) is 11.8 Å². The van der Waals surface area contributed by atoms with Gasteiger partial charge >= 0.3 is 0 Å². The number of aromatic amines is 1. The van der Waals surface area contributed by atoms with Gasteiger partial charge in [-0.05, 0) is 74.1 Å². The lowest BCUT2D eigenvalue weighted by molar-refractivity contribution is 0.666. The Bertz CT molecular complexity index is 1920. The van der Waals surface area contributed by atoms with Crippen molar-refractivity contribution in [3.05, 3.63) is 141 Å². The fourth-order valence-electron chi connectivity index (χ4n) is 6.45. The van der Waals surface area contributed by atoms with Crippen molar-refractivity contribution in [2.45, 2.75) is 58.8 Å². The number of thioether (sulfide) groups is 1. The van der Waals surface area contributed by atoms with Crippen LogP contribution in [0.1, 0.15) is 61.1 Å². The Kier molecular flexibility index (Phi) is 7.37. The minimum atomic E-state index is -0.0469. The van der Waals surface area contributed by atoms with Crippen molar-refractivity contribution < 1.29 is 0 Å². The summed E-state index contributed by atoms with van der Waals surface area (Å²) in [6.07, 6.45) is 8.75. The highest BCUT2D eigenvalue weighted by molar-refractivity contribution is 8.03. The molecule has 0 saturated carbocycles. The molecule has 0 spiro atoms. The maximum atomic E-state index is 3.91. The van der Waals surface area contributed by atoms with Crippen molar-refractivity contribution in [3.63, 3.8) is 0 Å². The van der Waals surface area contributed by atoms with E-state index in [0.29, 0.717) is 0 Å². The highest BCUT2D eigenvalue weighted by Gasteiger charge is 2.38. The van der Waals surface area contributed by atoms with Crippen LogP contribution in [0.5, 0.6) is 0 Å². The van der Waals surface area contributed by atoms with Crippen LogP contribution >= 0.6 is 11.8 Å². The zero-order chi connectivity index (χ0) is 29.6. The average Bonchev–Trinajstić information content (AvgIpc) is 3.46. The molecular formula is C40H39NS. The Morgan fingerprint density at radius 2 is 1.50 bits per heavy atom. The largest absolute Gasteiger partial charge is 0.354 e. The van der Waals surface area contributed by atoms with Crippen molar-refractivity contribution in [1.82, 2.24) is 4.98 Å². The van der Waals surface area contributed by atoms with Gasteiger partial charge in [0.15, 0.2) is 0 Å². The van der Waals surface area contributed by atoms with Crippen LogP contribution in [0.4, 0.5) is 0 Å². The molecule has 0 atom stereocenters. The van der Waals surface area contributed by atoms with Crippen molar-refractivity contribution in [3.8, 4) is 22.4 Å². The summed E-state index contributed by atoms with van der Waals surface area (Å²) in [6, 6.07) is 28.8. The number of H-pyrrole nitrogens is 1. The molecule has 0 bridgehead atoms. The molecule has 0 fully saturated rings. The molecule has 0 radical (unpaired) electrons. The fraction of sp³-hybridized carbons (Fsp3) is 0.200. The Balaban J connectivity index is 1.43. The normalized spacial score (nSPS) is 13.7. The first-order valence-electron chi connectivity index (χ1n) is 14.8. The molecule has 0 amide bonds. The van der Waals surface area contributed by atoms with E-state index in [0.717, 1.165) is 0 Å². The summed E-state index contributed by atoms with van der Waals surface area (Å²) < 4.78 is 0. The van der Waals surface area contributed by atoms with E-state index in [1.54, 1.807) is 0 Å². The lowest BCUT2D eigenvalue weighted by Gasteiger charge is -2.21. The second-order valence-corrected chi connectivity index (χ2v) is 13.3. The molecule has 0 aliphatic heterocycles. The molecule has 1 N–H and O–H groups in total. The molecule has 1 aliphatic rings. The lowest BCUT2D eigenvalue weighted by atomic mass is 9.81. The summed E-state index contributed by atoms with van der Waals surface area (Å²) in [4.78, 5) is 6.50. The predicted octanol–water partition coefficient (Wildman–Crippen LogP) is 11.7. The predicted molar refractivity (Wildman–Crippen MR) is 184 cm³/mol. The highest BCUT2D eigenvalue weighted by atomic mass is 32.2. The number of nitrogens with one attached hydrogen (secondary N) is 1. The highest BCUT2D eigenvalue weighted by Crippen LogP contribution is 2.53. The lowest BCUT2D eigenvalue weighted by Crippen LogP contribution is -2.14. The molecule has 2 heteroatoms. The molecular weight excluding hydrogens is 527 g/mol. The van der Waals surface area contributed by atoms with E-state index < -0.39 is 0 Å². The van der Waals surface area contributed by atoms with Crippen molar-refractivity contribution in [1.29, 1.82) is 0 Å². The summed E-state index contributed by atoms with van der Waals surface area (Å²) in [5.41, 5.74) is 15.6. The zero-order valence-electron chi connectivity index (χ0n) is 25.7. The number of benzene rings is 4. The van der Waals surface area contributed by atoms with Gasteiger partial charge in [0.2, 0.25) is 0 Å². The van der Waals surface area contributed by atoms with Crippen LogP contribution < -0.4 is 0 Å². The van der Waals surface area contributed by atoms with E-state index >= 15 is 0 Å². The molecule has 42 heavy (non-hydrogen) atoms. The van der Waals surface area contributed by atoms with Gasteiger partial charge in [-0.1, -0.05) is 134 Å². The number of rotatable bonds is 6. The van der Waals surface area contributed by atoms with Gasteiger partial charge in [-0.25, -0.2) is 0 Å². The fourth-order valence-corrected chi connectivity index (χ4v) is 7.52. The molecule has 1 aromatic heterocycles. The van der Waals surface area contributed by atoms with Crippen LogP contribution in [0.15, 0.2) is 112 Å². The van der Waals surface area contributed by atoms with Crippen LogP contribution in [0.25, 0.3) is 39.4 Å². The summed E-state index contributed by atoms with van der Waals surface area (Å²) in [7, 11) is 0. The Labute approximate surface area is 255 Å². The Morgan fingerprint density at radius 1 is 0.762 bits per heavy atom. The van der Waals surface area contributed by atoms with Gasteiger partial charge in [0.25, 0.3) is 0 Å². The SMILES string of the molecule is CC(C)=C(/C=C\C=C\c1ccccc1C)Sc1c(C)cc(C)cc1-c1cccc2c3c([nH]c12)-c1ccccc1C3(C)C. The third kappa shape index (κ3) is 4.88. The first-order valence-corrected chi connectivity index (χ1v) is 15.6. The van der Waals surface area contributed by atoms with Crippen LogP contribution in [-0.4, -0.2) is 4.98 Å². The summed E-state index contributed by atoms with van der Waals surface area (Å²) in [6.45, 7) is 15.7. The van der Waals surface area contributed by atoms with Crippen LogP contribution in [-0.2, 0) is 5.41 Å². The molecule has 1 heterocycles. The quantitative estimate of drug-likeness (QED) is 0.160. The minimum Gasteiger partial charge on any atom is -0.354 e. The smallest absolute Gasteiger partial charge is 0.0542 e. The van der Waals surface area contributed by atoms with Gasteiger partial charge < -0.3 is 4.98 Å². The zero-order valence-corrected chi connectivity index (χ0v) is 26.5. The number of allylic oxidation sites excluding steroid dienone is 4. The second kappa shape index (κ2) is 11.0. The molecule has 4 aromatic carbocycles. The topological polar surface area (TPSA) is 15.8 Å². The molecule has 5 aromatic rings. The van der Waals surface area contributed by atoms with E-state index in [1.165, 1.54) is 82.0 Å². The minimum absolute atomic E-state index is 0.0469. The van der Waals surface area contributed by atoms with Gasteiger partial charge in [0, 0.05) is 31.7 Å². The Hall–Kier alpha value is -4.01. The number of aromatic nitrogens is 1. The molecule has 6 rings (SSSR count). The molecule has 210 valence electrons. The maximum Gasteiger partial charge on any atom is 0.0542 e. The van der Waals surface area contributed by atoms with Crippen molar-refractivity contribution >= 4 is 28.7 Å². The van der Waals surface area contributed by atoms with E-state index in [9.17, 15) is 0 Å². The average molecular weight is 566 g/mol. The first kappa shape index (κ1) is 28.1. The van der Waals surface area contributed by atoms with Crippen LogP contribution in [0.3, 0.4) is 0 Å². The first-order chi connectivity index (χ1) is 20.2. The van der Waals surface area contributed by atoms with Gasteiger partial charge in [-0.2, -0.15) is 0 Å². The van der Waals surface area contributed by atoms with E-state index in [2.05, 4.69) is 157 Å². The van der Waals surface area contributed by atoms with Gasteiger partial charge in [0.05, 0.1) is 11.2 Å². The van der Waals surface area contributed by atoms with Crippen LogP contribution in [0, 0.1) is 20.8 Å². The third-order valence-electron chi connectivity index (χ3n) is 8.57. The summed E-state index contributed by atoms with van der Waals surface area (Å²) in [5, 5.41) is 1.32. The van der Waals surface area contributed by atoms with Gasteiger partial charge in [-0.15, -0.1) is 0 Å². The van der Waals surface area contributed by atoms with Gasteiger partial charge in [0.1, 0.15) is 0 Å². The van der Waals surface area contributed by atoms with Gasteiger partial charge in [-0.3, -0.25) is 0 Å². The maximum absolute atomic E-state index is 3.91. The number of aryl methyl sites for hydroxylation is 3. The van der Waals surface area contributed by atoms with Crippen molar-refractivity contribution in [2.75, 3.05) is 0 Å². The number of hydrogen-bond donors (Lipinski definition) is 1. The van der Waals surface area contributed by atoms with Crippen molar-refractivity contribution in [2.24, 2.45) is 0 Å². The molecule has 1 aliphatic carbocycles.